The standard InChI is InChI=1S/C18H24N4O3.C2HF3O2/c1-20(2)15(23)13-22-12-8-18(17(22)25)6-10-21(11-7-18)16(24)14-5-3-4-9-19-14;3-2(4,5)1(6)7/h3-5,9H,6-8,10-13H2,1-2H3;(H,6,7). The van der Waals surface area contributed by atoms with Crippen LogP contribution in [0.5, 0.6) is 0 Å². The molecule has 32 heavy (non-hydrogen) atoms. The van der Waals surface area contributed by atoms with Gasteiger partial charge in [0.15, 0.2) is 0 Å². The lowest BCUT2D eigenvalue weighted by molar-refractivity contribution is -0.192. The Bertz CT molecular complexity index is 853. The molecule has 0 bridgehead atoms. The summed E-state index contributed by atoms with van der Waals surface area (Å²) in [7, 11) is 3.39. The van der Waals surface area contributed by atoms with Gasteiger partial charge in [-0.1, -0.05) is 6.07 Å². The van der Waals surface area contributed by atoms with Crippen molar-refractivity contribution in [2.75, 3.05) is 40.3 Å². The van der Waals surface area contributed by atoms with E-state index in [2.05, 4.69) is 4.98 Å². The Hall–Kier alpha value is -3.18. The van der Waals surface area contributed by atoms with Crippen LogP contribution < -0.4 is 0 Å². The zero-order chi connectivity index (χ0) is 24.1. The first-order valence-corrected chi connectivity index (χ1v) is 9.87. The molecule has 176 valence electrons. The van der Waals surface area contributed by atoms with Gasteiger partial charge in [0.25, 0.3) is 5.91 Å². The summed E-state index contributed by atoms with van der Waals surface area (Å²) in [6.45, 7) is 1.87. The fourth-order valence-electron chi connectivity index (χ4n) is 3.60. The van der Waals surface area contributed by atoms with Crippen LogP contribution in [0.2, 0.25) is 0 Å². The minimum absolute atomic E-state index is 0.0619. The molecule has 2 aliphatic heterocycles. The van der Waals surface area contributed by atoms with Gasteiger partial charge >= 0.3 is 12.1 Å². The molecule has 0 radical (unpaired) electrons. The second kappa shape index (κ2) is 9.96. The number of aromatic nitrogens is 1. The fraction of sp³-hybridized carbons (Fsp3) is 0.550. The van der Waals surface area contributed by atoms with Crippen molar-refractivity contribution >= 4 is 23.7 Å². The van der Waals surface area contributed by atoms with E-state index in [0.717, 1.165) is 6.42 Å². The van der Waals surface area contributed by atoms with E-state index < -0.39 is 17.6 Å². The second-order valence-corrected chi connectivity index (χ2v) is 7.86. The maximum absolute atomic E-state index is 12.8. The van der Waals surface area contributed by atoms with Crippen molar-refractivity contribution in [1.29, 1.82) is 0 Å². The molecule has 3 rings (SSSR count). The third-order valence-corrected chi connectivity index (χ3v) is 5.56. The molecule has 1 spiro atoms. The molecular formula is C20H25F3N4O5. The first-order valence-electron chi connectivity index (χ1n) is 9.87. The number of carbonyl (C=O) groups is 4. The molecule has 1 aromatic heterocycles. The van der Waals surface area contributed by atoms with Gasteiger partial charge in [0, 0.05) is 39.9 Å². The third kappa shape index (κ3) is 5.95. The Labute approximate surface area is 182 Å². The van der Waals surface area contributed by atoms with Crippen molar-refractivity contribution < 1.29 is 37.5 Å². The number of amides is 3. The summed E-state index contributed by atoms with van der Waals surface area (Å²) in [5.41, 5.74) is 0.0300. The largest absolute Gasteiger partial charge is 0.490 e. The average Bonchev–Trinajstić information content (AvgIpc) is 3.04. The number of likely N-dealkylation sites (tertiary alicyclic amines) is 2. The molecule has 0 unspecified atom stereocenters. The Morgan fingerprint density at radius 3 is 2.16 bits per heavy atom. The highest BCUT2D eigenvalue weighted by Gasteiger charge is 2.49. The number of carbonyl (C=O) groups excluding carboxylic acids is 3. The normalized spacial score (nSPS) is 17.6. The maximum Gasteiger partial charge on any atom is 0.490 e. The molecule has 3 amide bonds. The summed E-state index contributed by atoms with van der Waals surface area (Å²) in [6, 6.07) is 5.29. The number of hydrogen-bond donors (Lipinski definition) is 1. The molecule has 1 N–H and O–H groups in total. The average molecular weight is 458 g/mol. The van der Waals surface area contributed by atoms with Crippen molar-refractivity contribution in [3.63, 3.8) is 0 Å². The number of pyridine rings is 1. The van der Waals surface area contributed by atoms with Crippen LogP contribution in [-0.4, -0.2) is 94.9 Å². The SMILES string of the molecule is CN(C)C(=O)CN1CCC2(CCN(C(=O)c3ccccn3)CC2)C1=O.O=C(O)C(F)(F)F. The summed E-state index contributed by atoms with van der Waals surface area (Å²) in [5, 5.41) is 7.12. The zero-order valence-electron chi connectivity index (χ0n) is 17.8. The van der Waals surface area contributed by atoms with Gasteiger partial charge < -0.3 is 19.8 Å². The van der Waals surface area contributed by atoms with Gasteiger partial charge in [-0.25, -0.2) is 4.79 Å². The summed E-state index contributed by atoms with van der Waals surface area (Å²) in [4.78, 5) is 55.1. The number of carboxylic acid groups (broad SMARTS) is 1. The first kappa shape index (κ1) is 25.1. The minimum atomic E-state index is -5.08. The molecule has 0 aliphatic carbocycles. The van der Waals surface area contributed by atoms with Crippen molar-refractivity contribution in [1.82, 2.24) is 19.7 Å². The number of likely N-dealkylation sites (N-methyl/N-ethyl adjacent to an activating group) is 1. The molecule has 2 saturated heterocycles. The van der Waals surface area contributed by atoms with Crippen molar-refractivity contribution in [3.05, 3.63) is 30.1 Å². The smallest absolute Gasteiger partial charge is 0.475 e. The Morgan fingerprint density at radius 1 is 1.12 bits per heavy atom. The molecule has 1 aromatic rings. The lowest BCUT2D eigenvalue weighted by atomic mass is 9.77. The molecule has 3 heterocycles. The third-order valence-electron chi connectivity index (χ3n) is 5.56. The summed E-state index contributed by atoms with van der Waals surface area (Å²) in [6.07, 6.45) is -1.41. The number of aliphatic carboxylic acids is 1. The fourth-order valence-corrected chi connectivity index (χ4v) is 3.60. The molecule has 2 fully saturated rings. The molecular weight excluding hydrogens is 433 g/mol. The Morgan fingerprint density at radius 2 is 1.69 bits per heavy atom. The van der Waals surface area contributed by atoms with E-state index in [9.17, 15) is 27.6 Å². The number of rotatable bonds is 3. The van der Waals surface area contributed by atoms with Gasteiger partial charge in [0.05, 0.1) is 12.0 Å². The van der Waals surface area contributed by atoms with E-state index in [1.165, 1.54) is 4.90 Å². The summed E-state index contributed by atoms with van der Waals surface area (Å²) < 4.78 is 31.7. The minimum Gasteiger partial charge on any atom is -0.475 e. The van der Waals surface area contributed by atoms with Gasteiger partial charge in [-0.2, -0.15) is 13.2 Å². The van der Waals surface area contributed by atoms with Crippen molar-refractivity contribution in [3.8, 4) is 0 Å². The molecule has 9 nitrogen and oxygen atoms in total. The number of carboxylic acids is 1. The predicted octanol–water partition coefficient (Wildman–Crippen LogP) is 1.26. The van der Waals surface area contributed by atoms with Crippen LogP contribution in [-0.2, 0) is 14.4 Å². The number of nitrogens with zero attached hydrogens (tertiary/aromatic N) is 4. The molecule has 12 heteroatoms. The van der Waals surface area contributed by atoms with Crippen molar-refractivity contribution in [2.45, 2.75) is 25.4 Å². The molecule has 0 saturated carbocycles. The highest BCUT2D eigenvalue weighted by molar-refractivity contribution is 5.93. The van der Waals surface area contributed by atoms with E-state index in [-0.39, 0.29) is 24.3 Å². The van der Waals surface area contributed by atoms with Crippen LogP contribution in [0.4, 0.5) is 13.2 Å². The second-order valence-electron chi connectivity index (χ2n) is 7.86. The number of hydrogen-bond acceptors (Lipinski definition) is 5. The topological polar surface area (TPSA) is 111 Å². The van der Waals surface area contributed by atoms with Crippen LogP contribution >= 0.6 is 0 Å². The predicted molar refractivity (Wildman–Crippen MR) is 105 cm³/mol. The lowest BCUT2D eigenvalue weighted by Crippen LogP contribution is -2.47. The number of halogens is 3. The monoisotopic (exact) mass is 458 g/mol. The van der Waals surface area contributed by atoms with Gasteiger partial charge in [-0.15, -0.1) is 0 Å². The van der Waals surface area contributed by atoms with Crippen molar-refractivity contribution in [2.24, 2.45) is 5.41 Å². The number of piperidine rings is 1. The van der Waals surface area contributed by atoms with E-state index in [4.69, 9.17) is 9.90 Å². The van der Waals surface area contributed by atoms with E-state index in [1.807, 2.05) is 0 Å². The van der Waals surface area contributed by atoms with Crippen LogP contribution in [0.15, 0.2) is 24.4 Å². The lowest BCUT2D eigenvalue weighted by Gasteiger charge is -2.37. The summed E-state index contributed by atoms with van der Waals surface area (Å²) in [5.74, 6) is -2.84. The van der Waals surface area contributed by atoms with Gasteiger partial charge in [0.1, 0.15) is 5.69 Å². The van der Waals surface area contributed by atoms with E-state index in [1.54, 1.807) is 48.3 Å². The maximum atomic E-state index is 12.8. The van der Waals surface area contributed by atoms with E-state index in [0.29, 0.717) is 38.2 Å². The summed E-state index contributed by atoms with van der Waals surface area (Å²) >= 11 is 0. The highest BCUT2D eigenvalue weighted by Crippen LogP contribution is 2.41. The quantitative estimate of drug-likeness (QED) is 0.730. The van der Waals surface area contributed by atoms with Gasteiger partial charge in [-0.3, -0.25) is 19.4 Å². The van der Waals surface area contributed by atoms with E-state index >= 15 is 0 Å². The van der Waals surface area contributed by atoms with Crippen LogP contribution in [0.3, 0.4) is 0 Å². The molecule has 2 aliphatic rings. The molecule has 0 aromatic carbocycles. The van der Waals surface area contributed by atoms with Crippen LogP contribution in [0.25, 0.3) is 0 Å². The van der Waals surface area contributed by atoms with Crippen LogP contribution in [0, 0.1) is 5.41 Å². The zero-order valence-corrected chi connectivity index (χ0v) is 17.8. The Balaban J connectivity index is 0.000000451. The Kier molecular flexibility index (Phi) is 7.81. The first-order chi connectivity index (χ1) is 14.9. The highest BCUT2D eigenvalue weighted by atomic mass is 19.4. The van der Waals surface area contributed by atoms with Gasteiger partial charge in [0.2, 0.25) is 11.8 Å². The molecule has 0 atom stereocenters. The number of alkyl halides is 3. The van der Waals surface area contributed by atoms with Crippen LogP contribution in [0.1, 0.15) is 29.8 Å². The van der Waals surface area contributed by atoms with Gasteiger partial charge in [-0.05, 0) is 31.4 Å².